The summed E-state index contributed by atoms with van der Waals surface area (Å²) in [5.74, 6) is 0.605. The number of H-pyrrole nitrogens is 1. The molecule has 0 fully saturated rings. The van der Waals surface area contributed by atoms with Gasteiger partial charge in [-0.2, -0.15) is 0 Å². The lowest BCUT2D eigenvalue weighted by Crippen LogP contribution is -1.86. The summed E-state index contributed by atoms with van der Waals surface area (Å²) in [6.45, 7) is 7.47. The molecule has 0 spiro atoms. The molecular weight excluding hydrogens is 150 g/mol. The number of aryl methyl sites for hydroxylation is 1. The number of aromatic amines is 1. The van der Waals surface area contributed by atoms with Crippen LogP contribution in [0.5, 0.6) is 0 Å². The van der Waals surface area contributed by atoms with Crippen molar-refractivity contribution < 1.29 is 0 Å². The maximum atomic E-state index is 5.65. The molecular formula is C9H13N3. The van der Waals surface area contributed by atoms with E-state index in [1.165, 1.54) is 0 Å². The molecule has 3 heteroatoms. The minimum absolute atomic E-state index is 0.605. The summed E-state index contributed by atoms with van der Waals surface area (Å²) >= 11 is 0. The van der Waals surface area contributed by atoms with E-state index in [2.05, 4.69) is 16.6 Å². The van der Waals surface area contributed by atoms with Crippen molar-refractivity contribution in [1.82, 2.24) is 4.98 Å². The molecule has 1 rings (SSSR count). The van der Waals surface area contributed by atoms with Gasteiger partial charge >= 0.3 is 0 Å². The molecule has 0 bridgehead atoms. The zero-order chi connectivity index (χ0) is 9.14. The molecule has 0 atom stereocenters. The molecule has 0 saturated heterocycles. The lowest BCUT2D eigenvalue weighted by molar-refractivity contribution is 1.39. The van der Waals surface area contributed by atoms with Crippen LogP contribution in [0.1, 0.15) is 12.5 Å². The van der Waals surface area contributed by atoms with Crippen molar-refractivity contribution in [3.05, 3.63) is 24.4 Å². The van der Waals surface area contributed by atoms with Crippen molar-refractivity contribution >= 4 is 17.2 Å². The number of hydrogen-bond donors (Lipinski definition) is 2. The highest BCUT2D eigenvalue weighted by Crippen LogP contribution is 2.25. The van der Waals surface area contributed by atoms with E-state index < -0.39 is 0 Å². The number of nitrogen functional groups attached to an aromatic ring is 1. The van der Waals surface area contributed by atoms with Crippen LogP contribution in [0.2, 0.25) is 0 Å². The van der Waals surface area contributed by atoms with E-state index in [1.807, 2.05) is 20.0 Å². The Balaban J connectivity index is 3.10. The summed E-state index contributed by atoms with van der Waals surface area (Å²) in [6, 6.07) is 0. The van der Waals surface area contributed by atoms with Gasteiger partial charge in [0.2, 0.25) is 0 Å². The number of aromatic nitrogens is 1. The Bertz CT molecular complexity index is 301. The zero-order valence-electron chi connectivity index (χ0n) is 7.39. The second kappa shape index (κ2) is 3.26. The average molecular weight is 163 g/mol. The topological polar surface area (TPSA) is 54.2 Å². The second-order valence-corrected chi connectivity index (χ2v) is 2.69. The largest absolute Gasteiger partial charge is 0.383 e. The van der Waals surface area contributed by atoms with Crippen LogP contribution in [0.15, 0.2) is 23.8 Å². The van der Waals surface area contributed by atoms with E-state index in [-0.39, 0.29) is 0 Å². The van der Waals surface area contributed by atoms with Gasteiger partial charge in [0, 0.05) is 11.9 Å². The van der Waals surface area contributed by atoms with Gasteiger partial charge in [0.15, 0.2) is 0 Å². The number of nitrogens with two attached hydrogens (primary N) is 1. The van der Waals surface area contributed by atoms with Crippen LogP contribution in [-0.2, 0) is 0 Å². The molecule has 0 aliphatic rings. The van der Waals surface area contributed by atoms with Crippen molar-refractivity contribution in [2.75, 3.05) is 5.73 Å². The fraction of sp³-hybridized carbons (Fsp3) is 0.222. The van der Waals surface area contributed by atoms with E-state index in [0.717, 1.165) is 17.0 Å². The zero-order valence-corrected chi connectivity index (χ0v) is 7.39. The molecule has 0 aromatic carbocycles. The van der Waals surface area contributed by atoms with E-state index >= 15 is 0 Å². The first-order chi connectivity index (χ1) is 5.65. The van der Waals surface area contributed by atoms with Crippen LogP contribution < -0.4 is 5.73 Å². The van der Waals surface area contributed by atoms with Gasteiger partial charge in [-0.25, -0.2) is 4.99 Å². The van der Waals surface area contributed by atoms with Crippen LogP contribution in [0, 0.1) is 6.92 Å². The van der Waals surface area contributed by atoms with Crippen molar-refractivity contribution in [3.63, 3.8) is 0 Å². The molecule has 0 aliphatic carbocycles. The fourth-order valence-electron chi connectivity index (χ4n) is 0.906. The SMILES string of the molecule is C=C/C(C)=N\c1c(C)c[nH]c1N. The second-order valence-electron chi connectivity index (χ2n) is 2.69. The predicted molar refractivity (Wildman–Crippen MR) is 52.9 cm³/mol. The Morgan fingerprint density at radius 2 is 2.42 bits per heavy atom. The van der Waals surface area contributed by atoms with Gasteiger partial charge in [0.05, 0.1) is 0 Å². The van der Waals surface area contributed by atoms with Crippen molar-refractivity contribution in [2.45, 2.75) is 13.8 Å². The first-order valence-electron chi connectivity index (χ1n) is 3.76. The molecule has 0 amide bonds. The molecule has 0 radical (unpaired) electrons. The molecule has 0 aliphatic heterocycles. The number of nitrogens with one attached hydrogen (secondary N) is 1. The van der Waals surface area contributed by atoms with Crippen molar-refractivity contribution in [1.29, 1.82) is 0 Å². The normalized spacial score (nSPS) is 11.7. The van der Waals surface area contributed by atoms with Gasteiger partial charge in [-0.15, -0.1) is 0 Å². The number of rotatable bonds is 2. The van der Waals surface area contributed by atoms with E-state index in [0.29, 0.717) is 5.82 Å². The Morgan fingerprint density at radius 1 is 1.75 bits per heavy atom. The third kappa shape index (κ3) is 1.56. The Morgan fingerprint density at radius 3 is 2.83 bits per heavy atom. The highest BCUT2D eigenvalue weighted by Gasteiger charge is 2.02. The number of aliphatic imine (C=N–C) groups is 1. The summed E-state index contributed by atoms with van der Waals surface area (Å²) in [6.07, 6.45) is 3.54. The first-order valence-corrected chi connectivity index (χ1v) is 3.76. The lowest BCUT2D eigenvalue weighted by Gasteiger charge is -1.94. The maximum Gasteiger partial charge on any atom is 0.127 e. The highest BCUT2D eigenvalue weighted by molar-refractivity contribution is 5.95. The Hall–Kier alpha value is -1.51. The van der Waals surface area contributed by atoms with Crippen LogP contribution >= 0.6 is 0 Å². The van der Waals surface area contributed by atoms with Gasteiger partial charge < -0.3 is 10.7 Å². The molecule has 1 aromatic rings. The molecule has 0 saturated carbocycles. The third-order valence-corrected chi connectivity index (χ3v) is 1.66. The summed E-state index contributed by atoms with van der Waals surface area (Å²) in [4.78, 5) is 7.18. The van der Waals surface area contributed by atoms with Crippen LogP contribution in [-0.4, -0.2) is 10.7 Å². The standard InChI is InChI=1S/C9H13N3/c1-4-7(3)12-8-6(2)5-11-9(8)10/h4-5,11H,1,10H2,2-3H3/b12-7-. The molecule has 1 aromatic heterocycles. The minimum atomic E-state index is 0.605. The monoisotopic (exact) mass is 163 g/mol. The average Bonchev–Trinajstić information content (AvgIpc) is 2.35. The van der Waals surface area contributed by atoms with E-state index in [4.69, 9.17) is 5.73 Å². The van der Waals surface area contributed by atoms with Crippen molar-refractivity contribution in [3.8, 4) is 0 Å². The van der Waals surface area contributed by atoms with Crippen LogP contribution in [0.3, 0.4) is 0 Å². The third-order valence-electron chi connectivity index (χ3n) is 1.66. The molecule has 12 heavy (non-hydrogen) atoms. The molecule has 0 unspecified atom stereocenters. The minimum Gasteiger partial charge on any atom is -0.383 e. The van der Waals surface area contributed by atoms with Crippen molar-refractivity contribution in [2.24, 2.45) is 4.99 Å². The number of allylic oxidation sites excluding steroid dienone is 1. The predicted octanol–water partition coefficient (Wildman–Crippen LogP) is 2.18. The Labute approximate surface area is 72.0 Å². The smallest absolute Gasteiger partial charge is 0.127 e. The molecule has 3 N–H and O–H groups in total. The quantitative estimate of drug-likeness (QED) is 0.645. The van der Waals surface area contributed by atoms with Gasteiger partial charge in [-0.1, -0.05) is 6.58 Å². The van der Waals surface area contributed by atoms with E-state index in [9.17, 15) is 0 Å². The fourth-order valence-corrected chi connectivity index (χ4v) is 0.906. The van der Waals surface area contributed by atoms with Crippen LogP contribution in [0.25, 0.3) is 0 Å². The number of nitrogens with zero attached hydrogens (tertiary/aromatic N) is 1. The van der Waals surface area contributed by atoms with Crippen LogP contribution in [0.4, 0.5) is 11.5 Å². The molecule has 64 valence electrons. The van der Waals surface area contributed by atoms with Gasteiger partial charge in [-0.3, -0.25) is 0 Å². The van der Waals surface area contributed by atoms with E-state index in [1.54, 1.807) is 6.08 Å². The summed E-state index contributed by atoms with van der Waals surface area (Å²) < 4.78 is 0. The lowest BCUT2D eigenvalue weighted by atomic mass is 10.3. The van der Waals surface area contributed by atoms with Gasteiger partial charge in [0.1, 0.15) is 11.5 Å². The number of anilines is 1. The maximum absolute atomic E-state index is 5.65. The summed E-state index contributed by atoms with van der Waals surface area (Å²) in [5, 5.41) is 0. The molecule has 3 nitrogen and oxygen atoms in total. The number of hydrogen-bond acceptors (Lipinski definition) is 2. The molecule has 1 heterocycles. The Kier molecular flexibility index (Phi) is 2.33. The van der Waals surface area contributed by atoms with Gasteiger partial charge in [0.25, 0.3) is 0 Å². The summed E-state index contributed by atoms with van der Waals surface area (Å²) in [7, 11) is 0. The highest BCUT2D eigenvalue weighted by atomic mass is 14.9. The first kappa shape index (κ1) is 8.59. The van der Waals surface area contributed by atoms with Gasteiger partial charge in [-0.05, 0) is 25.5 Å². The summed E-state index contributed by atoms with van der Waals surface area (Å²) in [5.41, 5.74) is 8.37.